The molecule has 110 valence electrons. The zero-order valence-corrected chi connectivity index (χ0v) is 12.7. The predicted octanol–water partition coefficient (Wildman–Crippen LogP) is 2.62. The van der Waals surface area contributed by atoms with Crippen LogP contribution in [0.5, 0.6) is 0 Å². The summed E-state index contributed by atoms with van der Waals surface area (Å²) >= 11 is 0. The first-order valence-electron chi connectivity index (χ1n) is 7.61. The topological polar surface area (TPSA) is 55.1 Å². The first-order chi connectivity index (χ1) is 8.55. The molecule has 3 N–H and O–H groups in total. The standard InChI is InChI=1S/C15H26N2O.ClH/c1-10(16)2-3-14(18)17-15-7-11-4-12(8-15)6-13(5-11)9-15;/h10-13H,2-9,16H2,1H3,(H,17,18);1H. The van der Waals surface area contributed by atoms with Gasteiger partial charge in [0.15, 0.2) is 0 Å². The van der Waals surface area contributed by atoms with Gasteiger partial charge >= 0.3 is 0 Å². The van der Waals surface area contributed by atoms with Gasteiger partial charge < -0.3 is 11.1 Å². The van der Waals surface area contributed by atoms with Crippen molar-refractivity contribution in [3.63, 3.8) is 0 Å². The van der Waals surface area contributed by atoms with E-state index >= 15 is 0 Å². The van der Waals surface area contributed by atoms with E-state index in [1.165, 1.54) is 38.5 Å². The Morgan fingerprint density at radius 1 is 1.21 bits per heavy atom. The fourth-order valence-electron chi connectivity index (χ4n) is 4.98. The summed E-state index contributed by atoms with van der Waals surface area (Å²) in [5, 5.41) is 3.39. The number of carbonyl (C=O) groups is 1. The lowest BCUT2D eigenvalue weighted by atomic mass is 9.53. The summed E-state index contributed by atoms with van der Waals surface area (Å²) in [6.45, 7) is 1.97. The van der Waals surface area contributed by atoms with E-state index in [4.69, 9.17) is 5.73 Å². The Morgan fingerprint density at radius 3 is 2.11 bits per heavy atom. The zero-order chi connectivity index (χ0) is 12.8. The van der Waals surface area contributed by atoms with Crippen LogP contribution in [-0.4, -0.2) is 17.5 Å². The molecule has 0 saturated heterocycles. The Labute approximate surface area is 122 Å². The summed E-state index contributed by atoms with van der Waals surface area (Å²) in [5.74, 6) is 2.91. The van der Waals surface area contributed by atoms with Crippen LogP contribution in [0.25, 0.3) is 0 Å². The van der Waals surface area contributed by atoms with Gasteiger partial charge in [-0.05, 0) is 69.6 Å². The number of hydrogen-bond donors (Lipinski definition) is 2. The van der Waals surface area contributed by atoms with Gasteiger partial charge in [-0.2, -0.15) is 0 Å². The summed E-state index contributed by atoms with van der Waals surface area (Å²) in [5.41, 5.74) is 5.89. The molecule has 0 aromatic heterocycles. The molecule has 3 nitrogen and oxygen atoms in total. The van der Waals surface area contributed by atoms with Crippen LogP contribution in [0, 0.1) is 17.8 Å². The lowest BCUT2D eigenvalue weighted by Crippen LogP contribution is -2.59. The third-order valence-electron chi connectivity index (χ3n) is 5.27. The molecule has 4 aliphatic rings. The predicted molar refractivity (Wildman–Crippen MR) is 79.2 cm³/mol. The van der Waals surface area contributed by atoms with Gasteiger partial charge in [-0.15, -0.1) is 12.4 Å². The van der Waals surface area contributed by atoms with Gasteiger partial charge in [0.25, 0.3) is 0 Å². The SMILES string of the molecule is CC(N)CCC(=O)NC12CC3CC(CC(C3)C1)C2.Cl. The molecule has 0 aromatic carbocycles. The molecular weight excluding hydrogens is 260 g/mol. The monoisotopic (exact) mass is 286 g/mol. The largest absolute Gasteiger partial charge is 0.351 e. The molecule has 1 unspecified atom stereocenters. The Balaban J connectivity index is 0.00000133. The second kappa shape index (κ2) is 5.61. The minimum Gasteiger partial charge on any atom is -0.351 e. The minimum atomic E-state index is 0. The van der Waals surface area contributed by atoms with Crippen LogP contribution in [0.4, 0.5) is 0 Å². The van der Waals surface area contributed by atoms with Gasteiger partial charge in [0, 0.05) is 18.0 Å². The first kappa shape index (κ1) is 15.1. The van der Waals surface area contributed by atoms with Crippen molar-refractivity contribution in [2.45, 2.75) is 69.9 Å². The van der Waals surface area contributed by atoms with E-state index < -0.39 is 0 Å². The van der Waals surface area contributed by atoms with Gasteiger partial charge in [0.05, 0.1) is 0 Å². The number of halogens is 1. The van der Waals surface area contributed by atoms with Crippen molar-refractivity contribution in [2.24, 2.45) is 23.5 Å². The highest BCUT2D eigenvalue weighted by Crippen LogP contribution is 2.55. The summed E-state index contributed by atoms with van der Waals surface area (Å²) in [6.07, 6.45) is 9.39. The Bertz CT molecular complexity index is 308. The number of carbonyl (C=O) groups excluding carboxylic acids is 1. The lowest BCUT2D eigenvalue weighted by molar-refractivity contribution is -0.127. The molecule has 0 heterocycles. The van der Waals surface area contributed by atoms with E-state index in [0.29, 0.717) is 6.42 Å². The highest BCUT2D eigenvalue weighted by Gasteiger charge is 2.51. The average Bonchev–Trinajstić information content (AvgIpc) is 2.23. The number of nitrogens with one attached hydrogen (secondary N) is 1. The van der Waals surface area contributed by atoms with Gasteiger partial charge in [0.1, 0.15) is 0 Å². The van der Waals surface area contributed by atoms with Gasteiger partial charge in [-0.25, -0.2) is 0 Å². The fraction of sp³-hybridized carbons (Fsp3) is 0.933. The highest BCUT2D eigenvalue weighted by molar-refractivity contribution is 5.85. The first-order valence-corrected chi connectivity index (χ1v) is 7.61. The maximum atomic E-state index is 12.1. The molecule has 4 rings (SSSR count). The molecule has 19 heavy (non-hydrogen) atoms. The molecule has 4 heteroatoms. The van der Waals surface area contributed by atoms with Crippen molar-refractivity contribution in [1.82, 2.24) is 5.32 Å². The van der Waals surface area contributed by atoms with Crippen LogP contribution < -0.4 is 11.1 Å². The van der Waals surface area contributed by atoms with E-state index in [1.807, 2.05) is 6.92 Å². The number of nitrogens with two attached hydrogens (primary N) is 1. The molecular formula is C15H27ClN2O. The van der Waals surface area contributed by atoms with E-state index in [-0.39, 0.29) is 29.9 Å². The fourth-order valence-corrected chi connectivity index (χ4v) is 4.98. The van der Waals surface area contributed by atoms with E-state index in [2.05, 4.69) is 5.32 Å². The maximum absolute atomic E-state index is 12.1. The van der Waals surface area contributed by atoms with Crippen molar-refractivity contribution in [2.75, 3.05) is 0 Å². The number of amides is 1. The third-order valence-corrected chi connectivity index (χ3v) is 5.27. The Morgan fingerprint density at radius 2 is 1.68 bits per heavy atom. The molecule has 0 aromatic rings. The van der Waals surface area contributed by atoms with Crippen LogP contribution in [0.3, 0.4) is 0 Å². The molecule has 4 aliphatic carbocycles. The van der Waals surface area contributed by atoms with Crippen LogP contribution in [0.2, 0.25) is 0 Å². The molecule has 4 fully saturated rings. The number of hydrogen-bond acceptors (Lipinski definition) is 2. The van der Waals surface area contributed by atoms with E-state index in [9.17, 15) is 4.79 Å². The van der Waals surface area contributed by atoms with Crippen LogP contribution in [0.1, 0.15) is 58.3 Å². The minimum absolute atomic E-state index is 0. The third kappa shape index (κ3) is 3.25. The Kier molecular flexibility index (Phi) is 4.46. The lowest BCUT2D eigenvalue weighted by Gasteiger charge is -2.57. The average molecular weight is 287 g/mol. The van der Waals surface area contributed by atoms with Crippen molar-refractivity contribution in [3.05, 3.63) is 0 Å². The van der Waals surface area contributed by atoms with Crippen LogP contribution in [-0.2, 0) is 4.79 Å². The van der Waals surface area contributed by atoms with Crippen molar-refractivity contribution < 1.29 is 4.79 Å². The summed E-state index contributed by atoms with van der Waals surface area (Å²) < 4.78 is 0. The van der Waals surface area contributed by atoms with Crippen LogP contribution >= 0.6 is 12.4 Å². The van der Waals surface area contributed by atoms with Gasteiger partial charge in [-0.3, -0.25) is 4.79 Å². The van der Waals surface area contributed by atoms with Gasteiger partial charge in [-0.1, -0.05) is 0 Å². The normalized spacial score (nSPS) is 40.6. The maximum Gasteiger partial charge on any atom is 0.220 e. The molecule has 1 amide bonds. The number of rotatable bonds is 4. The summed E-state index contributed by atoms with van der Waals surface area (Å²) in [7, 11) is 0. The zero-order valence-electron chi connectivity index (χ0n) is 11.9. The van der Waals surface area contributed by atoms with Crippen LogP contribution in [0.15, 0.2) is 0 Å². The molecule has 0 spiro atoms. The molecule has 1 atom stereocenters. The van der Waals surface area contributed by atoms with Crippen molar-refractivity contribution in [3.8, 4) is 0 Å². The van der Waals surface area contributed by atoms with E-state index in [0.717, 1.165) is 24.2 Å². The summed E-state index contributed by atoms with van der Waals surface area (Å²) in [4.78, 5) is 12.1. The molecule has 0 aliphatic heterocycles. The van der Waals surface area contributed by atoms with E-state index in [1.54, 1.807) is 0 Å². The second-order valence-electron chi connectivity index (χ2n) is 7.26. The summed E-state index contributed by atoms with van der Waals surface area (Å²) in [6, 6.07) is 0.132. The smallest absolute Gasteiger partial charge is 0.220 e. The Hall–Kier alpha value is -0.280. The molecule has 4 bridgehead atoms. The molecule has 0 radical (unpaired) electrons. The highest BCUT2D eigenvalue weighted by atomic mass is 35.5. The van der Waals surface area contributed by atoms with Crippen molar-refractivity contribution >= 4 is 18.3 Å². The quantitative estimate of drug-likeness (QED) is 0.835. The van der Waals surface area contributed by atoms with Crippen molar-refractivity contribution in [1.29, 1.82) is 0 Å². The molecule has 4 saturated carbocycles. The van der Waals surface area contributed by atoms with Gasteiger partial charge in [0.2, 0.25) is 5.91 Å². The second-order valence-corrected chi connectivity index (χ2v) is 7.26.